The van der Waals surface area contributed by atoms with Crippen LogP contribution in [0.3, 0.4) is 0 Å². The molecule has 0 aromatic heterocycles. The molecule has 2 aliphatic heterocycles. The molecule has 0 spiro atoms. The third-order valence-corrected chi connectivity index (χ3v) is 5.37. The van der Waals surface area contributed by atoms with Crippen LogP contribution in [0.1, 0.15) is 24.0 Å². The number of ether oxygens (including phenoxy) is 1. The predicted octanol–water partition coefficient (Wildman–Crippen LogP) is 2.99. The van der Waals surface area contributed by atoms with Gasteiger partial charge < -0.3 is 25.2 Å². The molecular weight excluding hydrogens is 369 g/mol. The van der Waals surface area contributed by atoms with E-state index in [1.165, 1.54) is 12.8 Å². The first-order chi connectivity index (χ1) is 13.4. The predicted molar refractivity (Wildman–Crippen MR) is 106 cm³/mol. The van der Waals surface area contributed by atoms with Crippen molar-refractivity contribution < 1.29 is 17.9 Å². The molecule has 0 bridgehead atoms. The largest absolute Gasteiger partial charge is 0.411 e. The van der Waals surface area contributed by atoms with Crippen molar-refractivity contribution in [2.24, 2.45) is 0 Å². The number of hydrogen-bond donors (Lipinski definition) is 2. The smallest absolute Gasteiger partial charge is 0.383 e. The Kier molecular flexibility index (Phi) is 7.42. The third-order valence-electron chi connectivity index (χ3n) is 5.37. The first kappa shape index (κ1) is 21.2. The second-order valence-electron chi connectivity index (χ2n) is 7.61. The van der Waals surface area contributed by atoms with Crippen LogP contribution in [-0.4, -0.2) is 70.0 Å². The zero-order valence-electron chi connectivity index (χ0n) is 16.6. The fourth-order valence-electron chi connectivity index (χ4n) is 3.90. The van der Waals surface area contributed by atoms with Crippen molar-refractivity contribution in [1.29, 1.82) is 0 Å². The molecule has 1 aromatic rings. The summed E-state index contributed by atoms with van der Waals surface area (Å²) in [6.07, 6.45) is -1.78. The van der Waals surface area contributed by atoms with Crippen molar-refractivity contribution >= 4 is 11.4 Å². The number of benzene rings is 1. The maximum absolute atomic E-state index is 12.4. The Morgan fingerprint density at radius 3 is 2.50 bits per heavy atom. The summed E-state index contributed by atoms with van der Waals surface area (Å²) in [5, 5.41) is 6.84. The summed E-state index contributed by atoms with van der Waals surface area (Å²) in [6.45, 7) is 8.53. The minimum atomic E-state index is -4.30. The molecule has 0 unspecified atom stereocenters. The number of hydrogen-bond acceptors (Lipinski definition) is 5. The quantitative estimate of drug-likeness (QED) is 0.702. The number of piperazine rings is 1. The lowest BCUT2D eigenvalue weighted by Crippen LogP contribution is -2.43. The molecule has 2 heterocycles. The van der Waals surface area contributed by atoms with Gasteiger partial charge in [0.25, 0.3) is 0 Å². The third kappa shape index (κ3) is 6.25. The summed E-state index contributed by atoms with van der Waals surface area (Å²) >= 11 is 0. The summed E-state index contributed by atoms with van der Waals surface area (Å²) in [7, 11) is 0. The lowest BCUT2D eigenvalue weighted by Gasteiger charge is -2.32. The van der Waals surface area contributed by atoms with Crippen LogP contribution < -0.4 is 15.5 Å². The van der Waals surface area contributed by atoms with E-state index in [1.54, 1.807) is 0 Å². The molecule has 2 fully saturated rings. The monoisotopic (exact) mass is 400 g/mol. The van der Waals surface area contributed by atoms with Gasteiger partial charge in [-0.25, -0.2) is 0 Å². The molecule has 0 aliphatic carbocycles. The van der Waals surface area contributed by atoms with E-state index in [-0.39, 0.29) is 6.61 Å². The van der Waals surface area contributed by atoms with Crippen LogP contribution in [0.4, 0.5) is 24.5 Å². The van der Waals surface area contributed by atoms with Crippen molar-refractivity contribution in [3.8, 4) is 0 Å². The van der Waals surface area contributed by atoms with E-state index < -0.39 is 12.8 Å². The van der Waals surface area contributed by atoms with Gasteiger partial charge >= 0.3 is 6.18 Å². The minimum absolute atomic E-state index is 0.0420. The molecule has 2 aliphatic rings. The Bertz CT molecular complexity index is 627. The van der Waals surface area contributed by atoms with Crippen molar-refractivity contribution in [1.82, 2.24) is 10.2 Å². The van der Waals surface area contributed by atoms with Crippen molar-refractivity contribution in [3.63, 3.8) is 0 Å². The van der Waals surface area contributed by atoms with E-state index in [4.69, 9.17) is 4.74 Å². The normalized spacial score (nSPS) is 18.6. The van der Waals surface area contributed by atoms with E-state index in [0.29, 0.717) is 0 Å². The number of rotatable bonds is 8. The fraction of sp³-hybridized carbons (Fsp3) is 0.700. The van der Waals surface area contributed by atoms with Crippen molar-refractivity contribution in [2.75, 3.05) is 69.2 Å². The van der Waals surface area contributed by atoms with Gasteiger partial charge in [-0.3, -0.25) is 0 Å². The topological polar surface area (TPSA) is 39.8 Å². The molecule has 8 heteroatoms. The SMILES string of the molecule is Cc1c(NCCN2CCCC2)cc(COCC(F)(F)F)cc1N1CCNCC1. The van der Waals surface area contributed by atoms with Gasteiger partial charge in [0, 0.05) is 50.6 Å². The molecule has 1 aromatic carbocycles. The van der Waals surface area contributed by atoms with Gasteiger partial charge in [0.05, 0.1) is 6.61 Å². The van der Waals surface area contributed by atoms with Gasteiger partial charge in [0.15, 0.2) is 0 Å². The average Bonchev–Trinajstić information content (AvgIpc) is 3.17. The fourth-order valence-corrected chi connectivity index (χ4v) is 3.90. The molecule has 3 rings (SSSR count). The Balaban J connectivity index is 1.70. The van der Waals surface area contributed by atoms with E-state index in [2.05, 4.69) is 27.4 Å². The number of nitrogens with zero attached hydrogens (tertiary/aromatic N) is 2. The first-order valence-corrected chi connectivity index (χ1v) is 10.1. The molecule has 28 heavy (non-hydrogen) atoms. The van der Waals surface area contributed by atoms with Gasteiger partial charge in [-0.1, -0.05) is 0 Å². The second kappa shape index (κ2) is 9.80. The van der Waals surface area contributed by atoms with Crippen molar-refractivity contribution in [3.05, 3.63) is 23.3 Å². The summed E-state index contributed by atoms with van der Waals surface area (Å²) in [5.41, 5.74) is 3.98. The molecule has 0 saturated carbocycles. The highest BCUT2D eigenvalue weighted by Crippen LogP contribution is 2.30. The lowest BCUT2D eigenvalue weighted by atomic mass is 10.1. The first-order valence-electron chi connectivity index (χ1n) is 10.1. The van der Waals surface area contributed by atoms with Gasteiger partial charge in [0.1, 0.15) is 6.61 Å². The molecule has 158 valence electrons. The van der Waals surface area contributed by atoms with Crippen LogP contribution in [0.5, 0.6) is 0 Å². The zero-order chi connectivity index (χ0) is 20.0. The highest BCUT2D eigenvalue weighted by atomic mass is 19.4. The number of anilines is 2. The van der Waals surface area contributed by atoms with Crippen LogP contribution in [0, 0.1) is 6.92 Å². The van der Waals surface area contributed by atoms with Gasteiger partial charge in [0.2, 0.25) is 0 Å². The van der Waals surface area contributed by atoms with Gasteiger partial charge in [-0.2, -0.15) is 13.2 Å². The van der Waals surface area contributed by atoms with E-state index in [9.17, 15) is 13.2 Å². The zero-order valence-corrected chi connectivity index (χ0v) is 16.6. The highest BCUT2D eigenvalue weighted by molar-refractivity contribution is 5.68. The highest BCUT2D eigenvalue weighted by Gasteiger charge is 2.27. The number of alkyl halides is 3. The van der Waals surface area contributed by atoms with E-state index in [1.807, 2.05) is 12.1 Å². The summed E-state index contributed by atoms with van der Waals surface area (Å²) in [4.78, 5) is 4.74. The molecule has 0 atom stereocenters. The number of halogens is 3. The second-order valence-corrected chi connectivity index (χ2v) is 7.61. The van der Waals surface area contributed by atoms with E-state index in [0.717, 1.165) is 74.9 Å². The van der Waals surface area contributed by atoms with Crippen LogP contribution >= 0.6 is 0 Å². The number of likely N-dealkylation sites (tertiary alicyclic amines) is 1. The van der Waals surface area contributed by atoms with Gasteiger partial charge in [-0.15, -0.1) is 0 Å². The maximum atomic E-state index is 12.4. The average molecular weight is 400 g/mol. The molecule has 5 nitrogen and oxygen atoms in total. The Hall–Kier alpha value is -1.51. The minimum Gasteiger partial charge on any atom is -0.383 e. The van der Waals surface area contributed by atoms with Crippen LogP contribution in [0.2, 0.25) is 0 Å². The molecule has 2 N–H and O–H groups in total. The molecular formula is C20H31F3N4O. The molecule has 2 saturated heterocycles. The molecule has 0 radical (unpaired) electrons. The maximum Gasteiger partial charge on any atom is 0.411 e. The van der Waals surface area contributed by atoms with Gasteiger partial charge in [-0.05, 0) is 56.1 Å². The lowest BCUT2D eigenvalue weighted by molar-refractivity contribution is -0.176. The Labute approximate surface area is 165 Å². The van der Waals surface area contributed by atoms with Crippen LogP contribution in [-0.2, 0) is 11.3 Å². The summed E-state index contributed by atoms with van der Waals surface area (Å²) in [5.74, 6) is 0. The Morgan fingerprint density at radius 2 is 1.82 bits per heavy atom. The van der Waals surface area contributed by atoms with Crippen LogP contribution in [0.25, 0.3) is 0 Å². The Morgan fingerprint density at radius 1 is 1.11 bits per heavy atom. The van der Waals surface area contributed by atoms with E-state index >= 15 is 0 Å². The summed E-state index contributed by atoms with van der Waals surface area (Å²) in [6, 6.07) is 3.91. The standard InChI is InChI=1S/C20H31F3N4O/c1-16-18(25-6-9-26-7-2-3-8-26)12-17(14-28-15-20(21,22)23)13-19(16)27-10-4-24-5-11-27/h12-13,24-25H,2-11,14-15H2,1H3. The summed E-state index contributed by atoms with van der Waals surface area (Å²) < 4.78 is 42.2. The molecule has 0 amide bonds. The van der Waals surface area contributed by atoms with Crippen molar-refractivity contribution in [2.45, 2.75) is 32.5 Å². The number of nitrogens with one attached hydrogen (secondary N) is 2. The van der Waals surface area contributed by atoms with Crippen LogP contribution in [0.15, 0.2) is 12.1 Å².